The first-order valence-electron chi connectivity index (χ1n) is 5.93. The van der Waals surface area contributed by atoms with E-state index in [0.717, 1.165) is 12.8 Å². The van der Waals surface area contributed by atoms with Gasteiger partial charge in [0.2, 0.25) is 10.0 Å². The van der Waals surface area contributed by atoms with E-state index < -0.39 is 10.0 Å². The van der Waals surface area contributed by atoms with Crippen molar-refractivity contribution in [2.45, 2.75) is 32.7 Å². The van der Waals surface area contributed by atoms with Crippen molar-refractivity contribution in [3.63, 3.8) is 0 Å². The minimum absolute atomic E-state index is 0.238. The van der Waals surface area contributed by atoms with Crippen LogP contribution in [0.1, 0.15) is 26.7 Å². The molecule has 0 amide bonds. The molecule has 0 aliphatic carbocycles. The fourth-order valence-electron chi connectivity index (χ4n) is 1.65. The lowest BCUT2D eigenvalue weighted by Gasteiger charge is -2.27. The molecule has 16 heavy (non-hydrogen) atoms. The highest BCUT2D eigenvalue weighted by Gasteiger charge is 2.24. The molecule has 0 spiro atoms. The molecule has 1 radical (unpaired) electrons. The molecule has 1 saturated heterocycles. The summed E-state index contributed by atoms with van der Waals surface area (Å²) in [5, 5.41) is 0. The van der Waals surface area contributed by atoms with Crippen LogP contribution in [0.15, 0.2) is 0 Å². The molecule has 0 unspecified atom stereocenters. The highest BCUT2D eigenvalue weighted by atomic mass is 32.2. The summed E-state index contributed by atoms with van der Waals surface area (Å²) >= 11 is 0. The Bertz CT molecular complexity index is 295. The van der Waals surface area contributed by atoms with Gasteiger partial charge in [0.25, 0.3) is 0 Å². The van der Waals surface area contributed by atoms with Crippen molar-refractivity contribution >= 4 is 10.0 Å². The monoisotopic (exact) mass is 247 g/mol. The van der Waals surface area contributed by atoms with Gasteiger partial charge in [0.05, 0.1) is 5.75 Å². The van der Waals surface area contributed by atoms with Crippen LogP contribution in [0, 0.1) is 6.42 Å². The Kier molecular flexibility index (Phi) is 5.21. The Balaban J connectivity index is 2.44. The van der Waals surface area contributed by atoms with Gasteiger partial charge in [-0.2, -0.15) is 0 Å². The smallest absolute Gasteiger partial charge is 0.215 e. The van der Waals surface area contributed by atoms with E-state index in [-0.39, 0.29) is 5.75 Å². The summed E-state index contributed by atoms with van der Waals surface area (Å²) in [5.74, 6) is 0.238. The third-order valence-corrected chi connectivity index (χ3v) is 4.99. The average Bonchev–Trinajstić information content (AvgIpc) is 2.27. The fourth-order valence-corrected chi connectivity index (χ4v) is 3.20. The van der Waals surface area contributed by atoms with Gasteiger partial charge in [-0.3, -0.25) is 0 Å². The predicted octanol–water partition coefficient (Wildman–Crippen LogP) is 0.956. The van der Waals surface area contributed by atoms with Gasteiger partial charge in [0.1, 0.15) is 0 Å². The first-order valence-corrected chi connectivity index (χ1v) is 7.54. The van der Waals surface area contributed by atoms with E-state index in [0.29, 0.717) is 25.7 Å². The van der Waals surface area contributed by atoms with E-state index in [1.807, 2.05) is 7.05 Å². The molecule has 4 nitrogen and oxygen atoms in total. The highest BCUT2D eigenvalue weighted by molar-refractivity contribution is 7.89. The van der Waals surface area contributed by atoms with Gasteiger partial charge in [-0.05, 0) is 40.2 Å². The second-order valence-electron chi connectivity index (χ2n) is 4.66. The van der Waals surface area contributed by atoms with Crippen LogP contribution in [-0.4, -0.2) is 56.1 Å². The Hall–Kier alpha value is -0.130. The van der Waals surface area contributed by atoms with Gasteiger partial charge in [0, 0.05) is 25.7 Å². The lowest BCUT2D eigenvalue weighted by molar-refractivity contribution is 0.286. The molecule has 5 heteroatoms. The van der Waals surface area contributed by atoms with E-state index in [2.05, 4.69) is 25.2 Å². The van der Waals surface area contributed by atoms with E-state index >= 15 is 0 Å². The molecule has 1 heterocycles. The van der Waals surface area contributed by atoms with E-state index in [9.17, 15) is 8.42 Å². The van der Waals surface area contributed by atoms with E-state index in [4.69, 9.17) is 0 Å². The molecule has 1 fully saturated rings. The zero-order chi connectivity index (χ0) is 12.2. The number of hydrogen-bond donors (Lipinski definition) is 0. The first kappa shape index (κ1) is 13.9. The van der Waals surface area contributed by atoms with Crippen molar-refractivity contribution < 1.29 is 8.42 Å². The molecule has 0 aromatic carbocycles. The number of hydrogen-bond acceptors (Lipinski definition) is 3. The number of piperidine rings is 1. The Morgan fingerprint density at radius 1 is 1.31 bits per heavy atom. The summed E-state index contributed by atoms with van der Waals surface area (Å²) in [7, 11) is -1.08. The first-order chi connectivity index (χ1) is 7.43. The fraction of sp³-hybridized carbons (Fsp3) is 0.909. The summed E-state index contributed by atoms with van der Waals surface area (Å²) in [6.07, 6.45) is 3.94. The van der Waals surface area contributed by atoms with Crippen molar-refractivity contribution in [2.75, 3.05) is 32.4 Å². The van der Waals surface area contributed by atoms with Crippen LogP contribution in [0.25, 0.3) is 0 Å². The summed E-state index contributed by atoms with van der Waals surface area (Å²) in [6, 6.07) is 0.393. The van der Waals surface area contributed by atoms with Crippen LogP contribution < -0.4 is 0 Å². The minimum Gasteiger partial charge on any atom is -0.303 e. The second-order valence-corrected chi connectivity index (χ2v) is 6.74. The average molecular weight is 247 g/mol. The maximum Gasteiger partial charge on any atom is 0.215 e. The van der Waals surface area contributed by atoms with Crippen LogP contribution in [0.2, 0.25) is 0 Å². The van der Waals surface area contributed by atoms with Crippen LogP contribution in [0.5, 0.6) is 0 Å². The maximum absolute atomic E-state index is 12.0. The topological polar surface area (TPSA) is 40.6 Å². The largest absolute Gasteiger partial charge is 0.303 e. The second kappa shape index (κ2) is 5.98. The number of rotatable bonds is 5. The zero-order valence-electron chi connectivity index (χ0n) is 10.5. The normalized spacial score (nSPS) is 19.6. The molecule has 0 aromatic heterocycles. The van der Waals surface area contributed by atoms with Crippen molar-refractivity contribution in [3.05, 3.63) is 6.42 Å². The van der Waals surface area contributed by atoms with Gasteiger partial charge >= 0.3 is 0 Å². The molecule has 1 aliphatic heterocycles. The third kappa shape index (κ3) is 4.03. The van der Waals surface area contributed by atoms with Crippen molar-refractivity contribution in [1.29, 1.82) is 0 Å². The van der Waals surface area contributed by atoms with Crippen LogP contribution in [0.4, 0.5) is 0 Å². The van der Waals surface area contributed by atoms with E-state index in [1.165, 1.54) is 0 Å². The summed E-state index contributed by atoms with van der Waals surface area (Å²) in [5.41, 5.74) is 0. The van der Waals surface area contributed by atoms with Gasteiger partial charge in [-0.15, -0.1) is 0 Å². The van der Waals surface area contributed by atoms with Crippen LogP contribution in [-0.2, 0) is 10.0 Å². The molecule has 95 valence electrons. The molecule has 1 rings (SSSR count). The maximum atomic E-state index is 12.0. The Morgan fingerprint density at radius 2 is 1.88 bits per heavy atom. The molecule has 0 N–H and O–H groups in total. The molecule has 1 aliphatic rings. The standard InChI is InChI=1S/C11H23N2O2S/c1-11(2)12(3)9-10-16(14,15)13-7-5-4-6-8-13/h4,11H,5-10H2,1-3H3. The van der Waals surface area contributed by atoms with E-state index in [1.54, 1.807) is 4.31 Å². The molecule has 0 saturated carbocycles. The lowest BCUT2D eigenvalue weighted by Crippen LogP contribution is -2.41. The van der Waals surface area contributed by atoms with Gasteiger partial charge < -0.3 is 4.90 Å². The zero-order valence-corrected chi connectivity index (χ0v) is 11.3. The molecular weight excluding hydrogens is 224 g/mol. The highest BCUT2D eigenvalue weighted by Crippen LogP contribution is 2.12. The Morgan fingerprint density at radius 3 is 2.38 bits per heavy atom. The predicted molar refractivity (Wildman–Crippen MR) is 66.7 cm³/mol. The number of nitrogens with zero attached hydrogens (tertiary/aromatic N) is 2. The SMILES string of the molecule is CC(C)N(C)CCS(=O)(=O)N1CC[CH]CC1. The van der Waals surface area contributed by atoms with Crippen LogP contribution in [0.3, 0.4) is 0 Å². The van der Waals surface area contributed by atoms with Crippen molar-refractivity contribution in [3.8, 4) is 0 Å². The van der Waals surface area contributed by atoms with Crippen LogP contribution >= 0.6 is 0 Å². The molecule has 0 bridgehead atoms. The Labute approximate surface area is 99.7 Å². The molecule has 0 aromatic rings. The molecule has 0 atom stereocenters. The molecular formula is C11H23N2O2S. The van der Waals surface area contributed by atoms with Gasteiger partial charge in [-0.1, -0.05) is 0 Å². The minimum atomic E-state index is -3.04. The van der Waals surface area contributed by atoms with Gasteiger partial charge in [-0.25, -0.2) is 12.7 Å². The van der Waals surface area contributed by atoms with Gasteiger partial charge in [0.15, 0.2) is 0 Å². The quantitative estimate of drug-likeness (QED) is 0.726. The number of sulfonamides is 1. The summed E-state index contributed by atoms with van der Waals surface area (Å²) in [4.78, 5) is 2.06. The lowest BCUT2D eigenvalue weighted by atomic mass is 10.2. The third-order valence-electron chi connectivity index (χ3n) is 3.14. The van der Waals surface area contributed by atoms with Crippen molar-refractivity contribution in [1.82, 2.24) is 9.21 Å². The summed E-state index contributed by atoms with van der Waals surface area (Å²) in [6.45, 7) is 6.08. The summed E-state index contributed by atoms with van der Waals surface area (Å²) < 4.78 is 25.6. The van der Waals surface area contributed by atoms with Crippen molar-refractivity contribution in [2.24, 2.45) is 0 Å².